The molecule has 0 bridgehead atoms. The molecule has 7 heteroatoms. The van der Waals surface area contributed by atoms with Crippen molar-refractivity contribution in [2.45, 2.75) is 18.9 Å². The molecule has 1 aromatic carbocycles. The van der Waals surface area contributed by atoms with Crippen molar-refractivity contribution in [1.29, 1.82) is 0 Å². The predicted octanol–water partition coefficient (Wildman–Crippen LogP) is 3.35. The summed E-state index contributed by atoms with van der Waals surface area (Å²) in [5.74, 6) is 0. The van der Waals surface area contributed by atoms with Gasteiger partial charge in [0, 0.05) is 44.4 Å². The molecule has 1 fully saturated rings. The summed E-state index contributed by atoms with van der Waals surface area (Å²) < 4.78 is 0. The Morgan fingerprint density at radius 1 is 1.27 bits per heavy atom. The van der Waals surface area contributed by atoms with E-state index in [0.29, 0.717) is 6.04 Å². The topological polar surface area (TPSA) is 58.4 Å². The van der Waals surface area contributed by atoms with Crippen molar-refractivity contribution in [2.75, 3.05) is 26.2 Å². The third kappa shape index (κ3) is 5.57. The van der Waals surface area contributed by atoms with Gasteiger partial charge in [0.1, 0.15) is 0 Å². The second kappa shape index (κ2) is 10.6. The molecule has 1 aliphatic rings. The maximum Gasteiger partial charge on any atom is 0.269 e. The largest absolute Gasteiger partial charge is 0.314 e. The predicted molar refractivity (Wildman–Crippen MR) is 94.2 cm³/mol. The van der Waals surface area contributed by atoms with Crippen molar-refractivity contribution in [3.05, 3.63) is 52.6 Å². The zero-order valence-corrected chi connectivity index (χ0v) is 14.1. The normalized spacial score (nSPS) is 16.0. The van der Waals surface area contributed by atoms with E-state index in [1.54, 1.807) is 12.1 Å². The molecule has 0 radical (unpaired) electrons. The van der Waals surface area contributed by atoms with Gasteiger partial charge in [-0.05, 0) is 18.4 Å². The summed E-state index contributed by atoms with van der Waals surface area (Å²) in [7, 11) is 0. The lowest BCUT2D eigenvalue weighted by Gasteiger charge is -2.35. The number of allylic oxidation sites excluding steroid dienone is 1. The number of non-ortho nitro benzene ring substituents is 1. The third-order valence-corrected chi connectivity index (χ3v) is 3.73. The molecule has 0 unspecified atom stereocenters. The van der Waals surface area contributed by atoms with Gasteiger partial charge in [-0.25, -0.2) is 0 Å². The number of hydrogen-bond acceptors (Lipinski definition) is 4. The lowest BCUT2D eigenvalue weighted by molar-refractivity contribution is -0.384. The molecule has 124 valence electrons. The fourth-order valence-electron chi connectivity index (χ4n) is 2.65. The van der Waals surface area contributed by atoms with Gasteiger partial charge in [-0.1, -0.05) is 18.2 Å². The Bertz CT molecular complexity index is 462. The maximum atomic E-state index is 10.7. The number of rotatable bonds is 6. The Hall–Kier alpha value is -1.14. The lowest BCUT2D eigenvalue weighted by Crippen LogP contribution is -2.45. The van der Waals surface area contributed by atoms with Gasteiger partial charge in [0.15, 0.2) is 0 Å². The highest BCUT2D eigenvalue weighted by atomic mass is 35.5. The van der Waals surface area contributed by atoms with Gasteiger partial charge in [-0.2, -0.15) is 0 Å². The van der Waals surface area contributed by atoms with E-state index >= 15 is 0 Å². The maximum absolute atomic E-state index is 10.7. The van der Waals surface area contributed by atoms with E-state index < -0.39 is 0 Å². The van der Waals surface area contributed by atoms with E-state index in [4.69, 9.17) is 0 Å². The highest BCUT2D eigenvalue weighted by Crippen LogP contribution is 2.27. The second-order valence-corrected chi connectivity index (χ2v) is 5.02. The Labute approximate surface area is 143 Å². The van der Waals surface area contributed by atoms with Crippen LogP contribution in [0.5, 0.6) is 0 Å². The van der Waals surface area contributed by atoms with Gasteiger partial charge in [0.05, 0.1) is 4.92 Å². The summed E-state index contributed by atoms with van der Waals surface area (Å²) in [5.41, 5.74) is 1.30. The van der Waals surface area contributed by atoms with Crippen molar-refractivity contribution >= 4 is 30.5 Å². The quantitative estimate of drug-likeness (QED) is 0.487. The Morgan fingerprint density at radius 3 is 2.36 bits per heavy atom. The molecule has 1 N–H and O–H groups in total. The van der Waals surface area contributed by atoms with Crippen LogP contribution < -0.4 is 5.32 Å². The molecule has 1 saturated heterocycles. The minimum Gasteiger partial charge on any atom is -0.314 e. The van der Waals surface area contributed by atoms with Crippen LogP contribution in [0, 0.1) is 10.1 Å². The zero-order chi connectivity index (χ0) is 14.4. The summed E-state index contributed by atoms with van der Waals surface area (Å²) in [6.07, 6.45) is 3.88. The fraction of sp³-hybridized carbons (Fsp3) is 0.467. The molecule has 2 rings (SSSR count). The number of nitro groups is 1. The SMILES string of the molecule is C=CCC[C@H](c1ccc([N+](=O)[O-])cc1)N1CCNCC1.Cl.Cl. The summed E-state index contributed by atoms with van der Waals surface area (Å²) in [5, 5.41) is 14.1. The number of benzene rings is 1. The second-order valence-electron chi connectivity index (χ2n) is 5.02. The van der Waals surface area contributed by atoms with E-state index in [9.17, 15) is 10.1 Å². The van der Waals surface area contributed by atoms with Crippen LogP contribution in [-0.4, -0.2) is 36.0 Å². The minimum atomic E-state index is -0.354. The number of halogens is 2. The summed E-state index contributed by atoms with van der Waals surface area (Å²) in [4.78, 5) is 12.8. The molecule has 0 saturated carbocycles. The van der Waals surface area contributed by atoms with E-state index in [0.717, 1.165) is 44.6 Å². The Morgan fingerprint density at radius 2 is 1.86 bits per heavy atom. The summed E-state index contributed by atoms with van der Waals surface area (Å²) >= 11 is 0. The number of piperazine rings is 1. The van der Waals surface area contributed by atoms with Crippen molar-refractivity contribution in [1.82, 2.24) is 10.2 Å². The highest BCUT2D eigenvalue weighted by Gasteiger charge is 2.22. The van der Waals surface area contributed by atoms with Gasteiger partial charge in [-0.15, -0.1) is 31.4 Å². The minimum absolute atomic E-state index is 0. The number of nitrogens with zero attached hydrogens (tertiary/aromatic N) is 2. The Balaban J connectivity index is 0.00000220. The van der Waals surface area contributed by atoms with Gasteiger partial charge in [0.2, 0.25) is 0 Å². The number of hydrogen-bond donors (Lipinski definition) is 1. The summed E-state index contributed by atoms with van der Waals surface area (Å²) in [6.45, 7) is 7.81. The molecular formula is C15H23Cl2N3O2. The molecule has 1 heterocycles. The van der Waals surface area contributed by atoms with Crippen molar-refractivity contribution in [3.63, 3.8) is 0 Å². The lowest BCUT2D eigenvalue weighted by atomic mass is 9.99. The van der Waals surface area contributed by atoms with E-state index in [2.05, 4.69) is 16.8 Å². The number of nitro benzene ring substituents is 1. The monoisotopic (exact) mass is 347 g/mol. The first-order valence-electron chi connectivity index (χ1n) is 7.02. The van der Waals surface area contributed by atoms with Gasteiger partial charge in [0.25, 0.3) is 5.69 Å². The average molecular weight is 348 g/mol. The van der Waals surface area contributed by atoms with Crippen molar-refractivity contribution in [2.24, 2.45) is 0 Å². The van der Waals surface area contributed by atoms with Crippen LogP contribution in [0.15, 0.2) is 36.9 Å². The molecule has 22 heavy (non-hydrogen) atoms. The number of nitrogens with one attached hydrogen (secondary N) is 1. The smallest absolute Gasteiger partial charge is 0.269 e. The van der Waals surface area contributed by atoms with E-state index in [-0.39, 0.29) is 35.4 Å². The highest BCUT2D eigenvalue weighted by molar-refractivity contribution is 5.85. The Kier molecular flexibility index (Phi) is 10.0. The van der Waals surface area contributed by atoms with Crippen LogP contribution >= 0.6 is 24.8 Å². The summed E-state index contributed by atoms with van der Waals surface area (Å²) in [6, 6.07) is 7.27. The first-order chi connectivity index (χ1) is 9.72. The fourth-order valence-corrected chi connectivity index (χ4v) is 2.65. The van der Waals surface area contributed by atoms with Crippen LogP contribution in [0.3, 0.4) is 0 Å². The van der Waals surface area contributed by atoms with Crippen LogP contribution in [0.2, 0.25) is 0 Å². The first-order valence-corrected chi connectivity index (χ1v) is 7.02. The van der Waals surface area contributed by atoms with Crippen LogP contribution in [0.25, 0.3) is 0 Å². The molecule has 1 aliphatic heterocycles. The zero-order valence-electron chi connectivity index (χ0n) is 12.4. The van der Waals surface area contributed by atoms with E-state index in [1.807, 2.05) is 18.2 Å². The molecule has 1 atom stereocenters. The third-order valence-electron chi connectivity index (χ3n) is 3.73. The molecular weight excluding hydrogens is 325 g/mol. The van der Waals surface area contributed by atoms with Gasteiger partial charge < -0.3 is 5.32 Å². The molecule has 0 aromatic heterocycles. The van der Waals surface area contributed by atoms with Gasteiger partial charge in [-0.3, -0.25) is 15.0 Å². The van der Waals surface area contributed by atoms with Gasteiger partial charge >= 0.3 is 0 Å². The van der Waals surface area contributed by atoms with Crippen LogP contribution in [0.1, 0.15) is 24.4 Å². The molecule has 1 aromatic rings. The molecule has 0 spiro atoms. The standard InChI is InChI=1S/C15H21N3O2.2ClH/c1-2-3-4-15(17-11-9-16-10-12-17)13-5-7-14(8-6-13)18(19)20;;/h2,5-8,15-16H,1,3-4,9-12H2;2*1H/t15-;;/m1../s1. The molecule has 0 aliphatic carbocycles. The van der Waals surface area contributed by atoms with Crippen LogP contribution in [0.4, 0.5) is 5.69 Å². The molecule has 5 nitrogen and oxygen atoms in total. The first kappa shape index (κ1) is 20.9. The van der Waals surface area contributed by atoms with Crippen molar-refractivity contribution in [3.8, 4) is 0 Å². The van der Waals surface area contributed by atoms with Crippen molar-refractivity contribution < 1.29 is 4.92 Å². The van der Waals surface area contributed by atoms with E-state index in [1.165, 1.54) is 0 Å². The van der Waals surface area contributed by atoms with Crippen LogP contribution in [-0.2, 0) is 0 Å². The molecule has 0 amide bonds. The average Bonchev–Trinajstić information content (AvgIpc) is 2.49.